The first-order valence-electron chi connectivity index (χ1n) is 6.27. The molecule has 0 aliphatic carbocycles. The summed E-state index contributed by atoms with van der Waals surface area (Å²) >= 11 is 0. The van der Waals surface area contributed by atoms with Crippen LogP contribution in [0, 0.1) is 0 Å². The molecule has 0 fully saturated rings. The number of hydrogen-bond donors (Lipinski definition) is 2. The van der Waals surface area contributed by atoms with Gasteiger partial charge in [0.25, 0.3) is 5.91 Å². The fourth-order valence-electron chi connectivity index (χ4n) is 1.78. The topological polar surface area (TPSA) is 83.6 Å². The minimum Gasteiger partial charge on any atom is -0.480 e. The van der Waals surface area contributed by atoms with Crippen LogP contribution in [0.1, 0.15) is 29.8 Å². The molecule has 0 radical (unpaired) electrons. The maximum absolute atomic E-state index is 12.2. The summed E-state index contributed by atoms with van der Waals surface area (Å²) < 4.78 is 0. The van der Waals surface area contributed by atoms with Crippen molar-refractivity contribution in [1.82, 2.24) is 4.90 Å². The summed E-state index contributed by atoms with van der Waals surface area (Å²) in [5.41, 5.74) is 7.02. The second-order valence-electron chi connectivity index (χ2n) is 4.66. The molecule has 0 saturated heterocycles. The van der Waals surface area contributed by atoms with Crippen LogP contribution in [-0.4, -0.2) is 41.0 Å². The number of hydrogen-bond acceptors (Lipinski definition) is 3. The van der Waals surface area contributed by atoms with E-state index in [0.29, 0.717) is 12.1 Å². The monoisotopic (exact) mass is 264 g/mol. The molecule has 0 aliphatic rings. The third-order valence-electron chi connectivity index (χ3n) is 2.82. The molecule has 0 unspecified atom stereocenters. The summed E-state index contributed by atoms with van der Waals surface area (Å²) in [6.07, 6.45) is 0.761. The number of aliphatic carboxylic acids is 1. The summed E-state index contributed by atoms with van der Waals surface area (Å²) in [7, 11) is 0. The first kappa shape index (κ1) is 15.2. The van der Waals surface area contributed by atoms with Crippen molar-refractivity contribution in [2.24, 2.45) is 5.73 Å². The minimum atomic E-state index is -1.01. The fraction of sp³-hybridized carbons (Fsp3) is 0.429. The van der Waals surface area contributed by atoms with Crippen molar-refractivity contribution in [2.75, 3.05) is 13.1 Å². The van der Waals surface area contributed by atoms with Crippen molar-refractivity contribution in [3.05, 3.63) is 35.4 Å². The quantitative estimate of drug-likeness (QED) is 0.806. The second-order valence-corrected chi connectivity index (χ2v) is 4.66. The van der Waals surface area contributed by atoms with E-state index in [2.05, 4.69) is 0 Å². The highest BCUT2D eigenvalue weighted by Gasteiger charge is 2.21. The molecule has 104 valence electrons. The molecule has 0 spiro atoms. The van der Waals surface area contributed by atoms with Gasteiger partial charge < -0.3 is 15.7 Å². The molecule has 1 aromatic carbocycles. The molecule has 0 heterocycles. The molecule has 1 aromatic rings. The number of carboxylic acids is 1. The Morgan fingerprint density at radius 2 is 1.84 bits per heavy atom. The lowest BCUT2D eigenvalue weighted by Gasteiger charge is -2.25. The highest BCUT2D eigenvalue weighted by molar-refractivity contribution is 5.96. The average molecular weight is 264 g/mol. The van der Waals surface area contributed by atoms with Crippen LogP contribution in [0.3, 0.4) is 0 Å². The zero-order valence-electron chi connectivity index (χ0n) is 11.3. The molecule has 0 bridgehead atoms. The van der Waals surface area contributed by atoms with Crippen LogP contribution in [0.25, 0.3) is 0 Å². The van der Waals surface area contributed by atoms with Gasteiger partial charge in [-0.15, -0.1) is 0 Å². The van der Waals surface area contributed by atoms with E-state index in [1.165, 1.54) is 4.90 Å². The van der Waals surface area contributed by atoms with E-state index in [0.717, 1.165) is 12.0 Å². The number of amides is 1. The third-order valence-corrected chi connectivity index (χ3v) is 2.82. The Balaban J connectivity index is 2.87. The van der Waals surface area contributed by atoms with Gasteiger partial charge in [0.05, 0.1) is 0 Å². The van der Waals surface area contributed by atoms with E-state index in [1.807, 2.05) is 12.1 Å². The first-order chi connectivity index (χ1) is 8.95. The van der Waals surface area contributed by atoms with Gasteiger partial charge >= 0.3 is 5.97 Å². The van der Waals surface area contributed by atoms with Crippen molar-refractivity contribution in [2.45, 2.75) is 26.3 Å². The number of carbonyl (C=O) groups excluding carboxylic acids is 1. The van der Waals surface area contributed by atoms with E-state index in [4.69, 9.17) is 10.8 Å². The van der Waals surface area contributed by atoms with E-state index in [1.54, 1.807) is 26.0 Å². The zero-order valence-corrected chi connectivity index (χ0v) is 11.3. The number of benzene rings is 1. The summed E-state index contributed by atoms with van der Waals surface area (Å²) in [6.45, 7) is 3.86. The van der Waals surface area contributed by atoms with Crippen LogP contribution in [0.4, 0.5) is 0 Å². The molecule has 5 nitrogen and oxygen atoms in total. The van der Waals surface area contributed by atoms with Crippen LogP contribution >= 0.6 is 0 Å². The van der Waals surface area contributed by atoms with E-state index in [-0.39, 0.29) is 18.5 Å². The van der Waals surface area contributed by atoms with Gasteiger partial charge in [-0.25, -0.2) is 0 Å². The largest absolute Gasteiger partial charge is 0.480 e. The molecule has 0 aromatic heterocycles. The van der Waals surface area contributed by atoms with Gasteiger partial charge in [0.2, 0.25) is 0 Å². The highest BCUT2D eigenvalue weighted by Crippen LogP contribution is 2.10. The normalized spacial score (nSPS) is 10.5. The Labute approximate surface area is 113 Å². The molecule has 3 N–H and O–H groups in total. The van der Waals surface area contributed by atoms with Crippen molar-refractivity contribution in [3.63, 3.8) is 0 Å². The summed E-state index contributed by atoms with van der Waals surface area (Å²) in [5, 5.41) is 8.83. The summed E-state index contributed by atoms with van der Waals surface area (Å²) in [5.74, 6) is -1.28. The molecule has 1 rings (SSSR count). The number of nitrogens with two attached hydrogens (primary N) is 1. The zero-order chi connectivity index (χ0) is 14.4. The maximum Gasteiger partial charge on any atom is 0.323 e. The Bertz CT molecular complexity index is 441. The van der Waals surface area contributed by atoms with Gasteiger partial charge in [0, 0.05) is 11.6 Å². The molecule has 1 amide bonds. The molecule has 0 saturated carbocycles. The van der Waals surface area contributed by atoms with E-state index < -0.39 is 5.97 Å². The van der Waals surface area contributed by atoms with Crippen LogP contribution in [0.15, 0.2) is 24.3 Å². The van der Waals surface area contributed by atoms with Gasteiger partial charge in [-0.1, -0.05) is 12.1 Å². The number of rotatable bonds is 6. The number of carboxylic acid groups (broad SMARTS) is 1. The second kappa shape index (κ2) is 6.89. The SMILES string of the molecule is CC(C)N(CC(=O)O)C(=O)c1ccc(CCN)cc1. The summed E-state index contributed by atoms with van der Waals surface area (Å²) in [4.78, 5) is 24.3. The minimum absolute atomic E-state index is 0.160. The van der Waals surface area contributed by atoms with Crippen LogP contribution in [0.2, 0.25) is 0 Å². The lowest BCUT2D eigenvalue weighted by atomic mass is 10.1. The molecule has 19 heavy (non-hydrogen) atoms. The Hall–Kier alpha value is -1.88. The summed E-state index contributed by atoms with van der Waals surface area (Å²) in [6, 6.07) is 6.96. The van der Waals surface area contributed by atoms with Gasteiger partial charge in [0.15, 0.2) is 0 Å². The smallest absolute Gasteiger partial charge is 0.323 e. The fourth-order valence-corrected chi connectivity index (χ4v) is 1.78. The Kier molecular flexibility index (Phi) is 5.51. The van der Waals surface area contributed by atoms with Crippen molar-refractivity contribution in [1.29, 1.82) is 0 Å². The molecule has 0 aliphatic heterocycles. The average Bonchev–Trinajstić information content (AvgIpc) is 2.36. The molecular formula is C14H20N2O3. The van der Waals surface area contributed by atoms with Crippen LogP contribution in [0.5, 0.6) is 0 Å². The standard InChI is InChI=1S/C14H20N2O3/c1-10(2)16(9-13(17)18)14(19)12-5-3-11(4-6-12)7-8-15/h3-6,10H,7-9,15H2,1-2H3,(H,17,18). The van der Waals surface area contributed by atoms with E-state index in [9.17, 15) is 9.59 Å². The Morgan fingerprint density at radius 3 is 2.26 bits per heavy atom. The lowest BCUT2D eigenvalue weighted by Crippen LogP contribution is -2.40. The van der Waals surface area contributed by atoms with Crippen molar-refractivity contribution < 1.29 is 14.7 Å². The number of carbonyl (C=O) groups is 2. The predicted octanol–water partition coefficient (Wildman–Crippen LogP) is 1.12. The molecule has 5 heteroatoms. The Morgan fingerprint density at radius 1 is 1.26 bits per heavy atom. The lowest BCUT2D eigenvalue weighted by molar-refractivity contribution is -0.138. The predicted molar refractivity (Wildman–Crippen MR) is 73.0 cm³/mol. The first-order valence-corrected chi connectivity index (χ1v) is 6.27. The van der Waals surface area contributed by atoms with Gasteiger partial charge in [-0.05, 0) is 44.5 Å². The highest BCUT2D eigenvalue weighted by atomic mass is 16.4. The van der Waals surface area contributed by atoms with Gasteiger partial charge in [0.1, 0.15) is 6.54 Å². The maximum atomic E-state index is 12.2. The van der Waals surface area contributed by atoms with Crippen molar-refractivity contribution >= 4 is 11.9 Å². The molecular weight excluding hydrogens is 244 g/mol. The van der Waals surface area contributed by atoms with Gasteiger partial charge in [-0.2, -0.15) is 0 Å². The number of nitrogens with zero attached hydrogens (tertiary/aromatic N) is 1. The van der Waals surface area contributed by atoms with Gasteiger partial charge in [-0.3, -0.25) is 9.59 Å². The van der Waals surface area contributed by atoms with E-state index >= 15 is 0 Å². The molecule has 0 atom stereocenters. The van der Waals surface area contributed by atoms with Crippen LogP contribution in [-0.2, 0) is 11.2 Å². The van der Waals surface area contributed by atoms with Crippen LogP contribution < -0.4 is 5.73 Å². The van der Waals surface area contributed by atoms with Crippen molar-refractivity contribution in [3.8, 4) is 0 Å². The third kappa shape index (κ3) is 4.37.